The minimum atomic E-state index is -5.08. The van der Waals surface area contributed by atoms with E-state index >= 15 is 0 Å². The standard InChI is InChI=1S/C24H22N4O5S2.C2HF3O2/c29-23-15-22(35(32,33)28-23)17-12-10-16(11-13-17)14-21(24-25-19-8-4-5-9-20(19)26-24)27-34(30,31)18-6-2-1-3-7-18;3-2(4,5)1(6)7/h1-13,21-22,27H,14-15H2,(H,25,26)(H,28,29);(H,6,7)/t21-,22-;/m0./s1. The van der Waals surface area contributed by atoms with Gasteiger partial charge in [-0.15, -0.1) is 0 Å². The number of hydrogen-bond acceptors (Lipinski definition) is 7. The first kappa shape index (κ1) is 30.7. The van der Waals surface area contributed by atoms with E-state index in [1.807, 2.05) is 29.0 Å². The number of aromatic amines is 1. The number of nitrogens with zero attached hydrogens (tertiary/aromatic N) is 1. The summed E-state index contributed by atoms with van der Waals surface area (Å²) in [6.07, 6.45) is -4.94. The molecule has 0 aliphatic carbocycles. The lowest BCUT2D eigenvalue weighted by Crippen LogP contribution is -2.31. The zero-order chi connectivity index (χ0) is 30.7. The number of para-hydroxylation sites is 2. The molecule has 42 heavy (non-hydrogen) atoms. The molecule has 0 unspecified atom stereocenters. The van der Waals surface area contributed by atoms with Crippen LogP contribution in [-0.4, -0.2) is 50.0 Å². The van der Waals surface area contributed by atoms with Gasteiger partial charge in [0.15, 0.2) is 0 Å². The van der Waals surface area contributed by atoms with E-state index in [0.29, 0.717) is 16.9 Å². The lowest BCUT2D eigenvalue weighted by Gasteiger charge is -2.18. The van der Waals surface area contributed by atoms with Crippen LogP contribution in [0.5, 0.6) is 0 Å². The van der Waals surface area contributed by atoms with Gasteiger partial charge in [-0.3, -0.25) is 9.52 Å². The number of amides is 1. The van der Waals surface area contributed by atoms with Crippen molar-refractivity contribution >= 4 is 43.0 Å². The Morgan fingerprint density at radius 1 is 1.02 bits per heavy atom. The minimum Gasteiger partial charge on any atom is -0.475 e. The molecule has 1 aromatic heterocycles. The minimum absolute atomic E-state index is 0.125. The van der Waals surface area contributed by atoms with Crippen LogP contribution in [-0.2, 0) is 36.1 Å². The Labute approximate surface area is 237 Å². The highest BCUT2D eigenvalue weighted by Crippen LogP contribution is 2.31. The molecule has 1 saturated heterocycles. The number of rotatable bonds is 7. The number of fused-ring (bicyclic) bond motifs is 1. The van der Waals surface area contributed by atoms with Crippen LogP contribution >= 0.6 is 0 Å². The summed E-state index contributed by atoms with van der Waals surface area (Å²) in [5, 5.41) is 6.19. The Balaban J connectivity index is 0.000000517. The van der Waals surface area contributed by atoms with Crippen LogP contribution in [0.4, 0.5) is 13.2 Å². The summed E-state index contributed by atoms with van der Waals surface area (Å²) in [5.74, 6) is -2.82. The van der Waals surface area contributed by atoms with Crippen molar-refractivity contribution in [1.82, 2.24) is 19.4 Å². The topological polar surface area (TPSA) is 175 Å². The Kier molecular flexibility index (Phi) is 8.70. The van der Waals surface area contributed by atoms with Gasteiger partial charge < -0.3 is 10.1 Å². The molecule has 4 aromatic rings. The highest BCUT2D eigenvalue weighted by molar-refractivity contribution is 7.90. The maximum absolute atomic E-state index is 13.1. The SMILES string of the molecule is O=C(O)C(F)(F)F.O=C1C[C@@H](c2ccc(C[C@H](NS(=O)(=O)c3ccccc3)c3nc4ccccc4[nH]3)cc2)S(=O)(=O)N1. The molecule has 16 heteroatoms. The van der Waals surface area contributed by atoms with Crippen LogP contribution < -0.4 is 9.44 Å². The van der Waals surface area contributed by atoms with Gasteiger partial charge in [0.2, 0.25) is 26.0 Å². The third kappa shape index (κ3) is 7.32. The molecule has 2 heterocycles. The van der Waals surface area contributed by atoms with Crippen LogP contribution in [0.2, 0.25) is 0 Å². The number of carboxylic acid groups (broad SMARTS) is 1. The number of alkyl halides is 3. The maximum atomic E-state index is 13.1. The molecule has 1 amide bonds. The fraction of sp³-hybridized carbons (Fsp3) is 0.192. The number of H-pyrrole nitrogens is 1. The second kappa shape index (κ2) is 11.9. The molecule has 11 nitrogen and oxygen atoms in total. The van der Waals surface area contributed by atoms with Gasteiger partial charge in [-0.1, -0.05) is 54.6 Å². The molecule has 222 valence electrons. The van der Waals surface area contributed by atoms with Crippen molar-refractivity contribution in [2.45, 2.75) is 35.2 Å². The summed E-state index contributed by atoms with van der Waals surface area (Å²) in [7, 11) is -7.59. The largest absolute Gasteiger partial charge is 0.490 e. The molecule has 0 radical (unpaired) electrons. The molecule has 1 aliphatic rings. The summed E-state index contributed by atoms with van der Waals surface area (Å²) in [6, 6.07) is 21.6. The van der Waals surface area contributed by atoms with Crippen LogP contribution in [0, 0.1) is 0 Å². The second-order valence-electron chi connectivity index (χ2n) is 9.14. The quantitative estimate of drug-likeness (QED) is 0.242. The van der Waals surface area contributed by atoms with Gasteiger partial charge >= 0.3 is 12.1 Å². The lowest BCUT2D eigenvalue weighted by atomic mass is 10.0. The zero-order valence-electron chi connectivity index (χ0n) is 21.4. The van der Waals surface area contributed by atoms with Crippen molar-refractivity contribution in [3.8, 4) is 0 Å². The summed E-state index contributed by atoms with van der Waals surface area (Å²) >= 11 is 0. The van der Waals surface area contributed by atoms with Gasteiger partial charge in [0, 0.05) is 0 Å². The van der Waals surface area contributed by atoms with Gasteiger partial charge in [0.25, 0.3) is 0 Å². The van der Waals surface area contributed by atoms with E-state index in [0.717, 1.165) is 11.1 Å². The zero-order valence-corrected chi connectivity index (χ0v) is 23.0. The number of sulfonamides is 2. The van der Waals surface area contributed by atoms with E-state index in [1.54, 1.807) is 42.5 Å². The van der Waals surface area contributed by atoms with Crippen molar-refractivity contribution in [2.75, 3.05) is 0 Å². The number of carboxylic acids is 1. The number of benzene rings is 3. The molecule has 3 aromatic carbocycles. The fourth-order valence-electron chi connectivity index (χ4n) is 4.14. The van der Waals surface area contributed by atoms with Crippen LogP contribution in [0.3, 0.4) is 0 Å². The predicted octanol–water partition coefficient (Wildman–Crippen LogP) is 3.35. The number of hydrogen-bond donors (Lipinski definition) is 4. The number of nitrogens with one attached hydrogen (secondary N) is 3. The Bertz CT molecular complexity index is 1780. The number of aromatic nitrogens is 2. The number of aliphatic carboxylic acids is 1. The molecule has 0 spiro atoms. The molecule has 1 fully saturated rings. The van der Waals surface area contributed by atoms with Gasteiger partial charge in [0.1, 0.15) is 11.1 Å². The van der Waals surface area contributed by atoms with Crippen molar-refractivity contribution in [3.63, 3.8) is 0 Å². The molecule has 2 atom stereocenters. The highest BCUT2D eigenvalue weighted by atomic mass is 32.2. The number of carbonyl (C=O) groups is 2. The van der Waals surface area contributed by atoms with Gasteiger partial charge in [-0.2, -0.15) is 13.2 Å². The summed E-state index contributed by atoms with van der Waals surface area (Å²) in [6.45, 7) is 0. The van der Waals surface area contributed by atoms with E-state index in [-0.39, 0.29) is 17.7 Å². The second-order valence-corrected chi connectivity index (χ2v) is 12.7. The van der Waals surface area contributed by atoms with Crippen molar-refractivity contribution in [2.24, 2.45) is 0 Å². The first-order chi connectivity index (χ1) is 19.7. The van der Waals surface area contributed by atoms with E-state index in [9.17, 15) is 34.8 Å². The molecular weight excluding hydrogens is 601 g/mol. The fourth-order valence-corrected chi connectivity index (χ4v) is 6.79. The summed E-state index contributed by atoms with van der Waals surface area (Å²) in [4.78, 5) is 28.4. The monoisotopic (exact) mass is 624 g/mol. The van der Waals surface area contributed by atoms with Crippen LogP contribution in [0.25, 0.3) is 11.0 Å². The molecule has 0 saturated carbocycles. The van der Waals surface area contributed by atoms with Crippen molar-refractivity contribution in [3.05, 3.63) is 95.8 Å². The van der Waals surface area contributed by atoms with E-state index < -0.39 is 49.4 Å². The third-order valence-corrected chi connectivity index (χ3v) is 9.31. The molecule has 4 N–H and O–H groups in total. The number of imidazole rings is 1. The highest BCUT2D eigenvalue weighted by Gasteiger charge is 2.38. The summed E-state index contributed by atoms with van der Waals surface area (Å²) < 4.78 is 87.0. The average Bonchev–Trinajstić information content (AvgIpc) is 3.48. The number of carbonyl (C=O) groups excluding carboxylic acids is 1. The molecule has 0 bridgehead atoms. The van der Waals surface area contributed by atoms with Crippen LogP contribution in [0.1, 0.15) is 34.7 Å². The lowest BCUT2D eigenvalue weighted by molar-refractivity contribution is -0.192. The van der Waals surface area contributed by atoms with Crippen molar-refractivity contribution in [1.29, 1.82) is 0 Å². The van der Waals surface area contributed by atoms with Crippen LogP contribution in [0.15, 0.2) is 83.8 Å². The van der Waals surface area contributed by atoms with Gasteiger partial charge in [-0.25, -0.2) is 31.3 Å². The molecular formula is C26H23F3N4O7S2. The first-order valence-electron chi connectivity index (χ1n) is 12.1. The van der Waals surface area contributed by atoms with E-state index in [1.165, 1.54) is 12.1 Å². The Hall–Kier alpha value is -4.28. The van der Waals surface area contributed by atoms with Gasteiger partial charge in [0.05, 0.1) is 28.4 Å². The van der Waals surface area contributed by atoms with E-state index in [2.05, 4.69) is 14.7 Å². The first-order valence-corrected chi connectivity index (χ1v) is 15.1. The average molecular weight is 625 g/mol. The van der Waals surface area contributed by atoms with E-state index in [4.69, 9.17) is 9.90 Å². The molecule has 5 rings (SSSR count). The maximum Gasteiger partial charge on any atom is 0.490 e. The number of halogens is 3. The normalized spacial score (nSPS) is 17.2. The third-order valence-electron chi connectivity index (χ3n) is 6.12. The van der Waals surface area contributed by atoms with Gasteiger partial charge in [-0.05, 0) is 41.8 Å². The smallest absolute Gasteiger partial charge is 0.475 e. The van der Waals surface area contributed by atoms with Crippen molar-refractivity contribution < 1.29 is 44.7 Å². The Morgan fingerprint density at radius 2 is 1.62 bits per heavy atom. The predicted molar refractivity (Wildman–Crippen MR) is 144 cm³/mol. The summed E-state index contributed by atoms with van der Waals surface area (Å²) in [5.41, 5.74) is 2.76. The molecule has 1 aliphatic heterocycles. The Morgan fingerprint density at radius 3 is 2.17 bits per heavy atom.